The van der Waals surface area contributed by atoms with E-state index in [0.29, 0.717) is 18.4 Å². The van der Waals surface area contributed by atoms with Crippen molar-refractivity contribution in [1.29, 1.82) is 0 Å². The van der Waals surface area contributed by atoms with E-state index in [1.54, 1.807) is 4.31 Å². The lowest BCUT2D eigenvalue weighted by Crippen LogP contribution is -2.33. The summed E-state index contributed by atoms with van der Waals surface area (Å²) in [7, 11) is -3.10. The molecule has 0 N–H and O–H groups in total. The van der Waals surface area contributed by atoms with Gasteiger partial charge in [0.05, 0.1) is 5.25 Å². The van der Waals surface area contributed by atoms with E-state index in [1.165, 1.54) is 5.56 Å². The first kappa shape index (κ1) is 17.9. The summed E-state index contributed by atoms with van der Waals surface area (Å²) >= 11 is 0. The standard InChI is InChI=1S/C19H30N2O2S/c1-16(2)8-13-21-15-18-9-11-20(12-10-19(18)24(21,22)23)14-17-6-4-3-5-7-17/h3-7,16,18-19H,8-15H2,1-2H3/t18-,19-/m1/s1. The summed E-state index contributed by atoms with van der Waals surface area (Å²) in [5.41, 5.74) is 1.31. The number of sulfonamides is 1. The average molecular weight is 351 g/mol. The number of hydrogen-bond donors (Lipinski definition) is 0. The van der Waals surface area contributed by atoms with Gasteiger partial charge in [-0.25, -0.2) is 12.7 Å². The van der Waals surface area contributed by atoms with Gasteiger partial charge in [0.15, 0.2) is 0 Å². The molecule has 0 aromatic heterocycles. The molecule has 2 aliphatic heterocycles. The van der Waals surface area contributed by atoms with E-state index in [2.05, 4.69) is 43.0 Å². The Morgan fingerprint density at radius 1 is 1.12 bits per heavy atom. The second kappa shape index (κ2) is 7.54. The summed E-state index contributed by atoms with van der Waals surface area (Å²) in [4.78, 5) is 2.42. The van der Waals surface area contributed by atoms with E-state index in [0.717, 1.165) is 45.4 Å². The van der Waals surface area contributed by atoms with Gasteiger partial charge in [-0.05, 0) is 49.8 Å². The Labute approximate surface area is 146 Å². The third-order valence-corrected chi connectivity index (χ3v) is 7.89. The molecule has 2 aliphatic rings. The van der Waals surface area contributed by atoms with Gasteiger partial charge in [-0.15, -0.1) is 0 Å². The van der Waals surface area contributed by atoms with Crippen molar-refractivity contribution in [2.24, 2.45) is 11.8 Å². The fourth-order valence-electron chi connectivity index (χ4n) is 3.97. The second-order valence-electron chi connectivity index (χ2n) is 7.72. The van der Waals surface area contributed by atoms with E-state index >= 15 is 0 Å². The second-order valence-corrected chi connectivity index (χ2v) is 9.87. The van der Waals surface area contributed by atoms with E-state index in [-0.39, 0.29) is 5.25 Å². The summed E-state index contributed by atoms with van der Waals surface area (Å²) in [6, 6.07) is 10.5. The minimum atomic E-state index is -3.10. The van der Waals surface area contributed by atoms with Crippen LogP contribution in [0, 0.1) is 11.8 Å². The van der Waals surface area contributed by atoms with Gasteiger partial charge in [0.1, 0.15) is 0 Å². The summed E-state index contributed by atoms with van der Waals surface area (Å²) in [5, 5.41) is -0.162. The van der Waals surface area contributed by atoms with Crippen LogP contribution >= 0.6 is 0 Å². The highest BCUT2D eigenvalue weighted by atomic mass is 32.2. The molecule has 2 atom stereocenters. The van der Waals surface area contributed by atoms with Crippen LogP contribution in [0.25, 0.3) is 0 Å². The van der Waals surface area contributed by atoms with Crippen molar-refractivity contribution in [2.75, 3.05) is 26.2 Å². The molecule has 4 nitrogen and oxygen atoms in total. The zero-order chi connectivity index (χ0) is 17.2. The Kier molecular flexibility index (Phi) is 5.63. The van der Waals surface area contributed by atoms with Crippen molar-refractivity contribution < 1.29 is 8.42 Å². The molecule has 134 valence electrons. The first-order chi connectivity index (χ1) is 11.5. The van der Waals surface area contributed by atoms with Crippen LogP contribution in [0.4, 0.5) is 0 Å². The number of likely N-dealkylation sites (tertiary alicyclic amines) is 1. The van der Waals surface area contributed by atoms with E-state index in [4.69, 9.17) is 0 Å². The van der Waals surface area contributed by atoms with Gasteiger partial charge in [0.25, 0.3) is 0 Å². The maximum absolute atomic E-state index is 12.9. The van der Waals surface area contributed by atoms with Gasteiger partial charge in [0.2, 0.25) is 10.0 Å². The molecule has 0 aliphatic carbocycles. The van der Waals surface area contributed by atoms with Crippen LogP contribution in [0.15, 0.2) is 30.3 Å². The number of rotatable bonds is 5. The third-order valence-electron chi connectivity index (χ3n) is 5.46. The highest BCUT2D eigenvalue weighted by Gasteiger charge is 2.46. The predicted molar refractivity (Wildman–Crippen MR) is 98.2 cm³/mol. The molecule has 0 unspecified atom stereocenters. The molecule has 5 heteroatoms. The highest BCUT2D eigenvalue weighted by molar-refractivity contribution is 7.90. The van der Waals surface area contributed by atoms with Gasteiger partial charge < -0.3 is 0 Å². The molecule has 2 heterocycles. The zero-order valence-electron chi connectivity index (χ0n) is 14.9. The van der Waals surface area contributed by atoms with Gasteiger partial charge in [-0.3, -0.25) is 4.90 Å². The lowest BCUT2D eigenvalue weighted by Gasteiger charge is -2.22. The van der Waals surface area contributed by atoms with Crippen LogP contribution in [0.5, 0.6) is 0 Å². The maximum Gasteiger partial charge on any atom is 0.217 e. The largest absolute Gasteiger partial charge is 0.299 e. The Morgan fingerprint density at radius 2 is 1.83 bits per heavy atom. The molecule has 24 heavy (non-hydrogen) atoms. The van der Waals surface area contributed by atoms with Gasteiger partial charge in [0, 0.05) is 19.6 Å². The molecular formula is C19H30N2O2S. The first-order valence-corrected chi connectivity index (χ1v) is 10.7. The van der Waals surface area contributed by atoms with Crippen molar-refractivity contribution in [3.8, 4) is 0 Å². The fraction of sp³-hybridized carbons (Fsp3) is 0.684. The molecule has 0 spiro atoms. The molecule has 0 saturated carbocycles. The minimum Gasteiger partial charge on any atom is -0.299 e. The first-order valence-electron chi connectivity index (χ1n) is 9.22. The van der Waals surface area contributed by atoms with Crippen molar-refractivity contribution >= 4 is 10.0 Å². The summed E-state index contributed by atoms with van der Waals surface area (Å²) in [6.45, 7) is 8.55. The minimum absolute atomic E-state index is 0.162. The van der Waals surface area contributed by atoms with Gasteiger partial charge in [-0.2, -0.15) is 0 Å². The Balaban J connectivity index is 1.61. The molecule has 0 radical (unpaired) electrons. The molecule has 2 fully saturated rings. The number of nitrogens with zero attached hydrogens (tertiary/aromatic N) is 2. The zero-order valence-corrected chi connectivity index (χ0v) is 15.7. The topological polar surface area (TPSA) is 40.6 Å². The molecule has 3 rings (SSSR count). The summed E-state index contributed by atoms with van der Waals surface area (Å²) in [5.74, 6) is 0.856. The Bertz CT molecular complexity index is 630. The van der Waals surface area contributed by atoms with E-state index in [9.17, 15) is 8.42 Å². The molecule has 0 amide bonds. The molecule has 2 saturated heterocycles. The number of fused-ring (bicyclic) bond motifs is 1. The lowest BCUT2D eigenvalue weighted by atomic mass is 10.0. The van der Waals surface area contributed by atoms with E-state index in [1.807, 2.05) is 6.07 Å². The van der Waals surface area contributed by atoms with Crippen molar-refractivity contribution in [2.45, 2.75) is 44.9 Å². The number of hydrogen-bond acceptors (Lipinski definition) is 3. The SMILES string of the molecule is CC(C)CCN1C[C@H]2CCN(Cc3ccccc3)CC[C@H]2S1(=O)=O. The van der Waals surface area contributed by atoms with Crippen molar-refractivity contribution in [3.63, 3.8) is 0 Å². The van der Waals surface area contributed by atoms with Crippen LogP contribution in [-0.4, -0.2) is 49.1 Å². The van der Waals surface area contributed by atoms with Gasteiger partial charge >= 0.3 is 0 Å². The molecule has 0 bridgehead atoms. The summed E-state index contributed by atoms with van der Waals surface area (Å²) < 4.78 is 27.5. The Morgan fingerprint density at radius 3 is 2.54 bits per heavy atom. The average Bonchev–Trinajstić information content (AvgIpc) is 2.68. The van der Waals surface area contributed by atoms with Gasteiger partial charge in [-0.1, -0.05) is 44.2 Å². The van der Waals surface area contributed by atoms with Crippen molar-refractivity contribution in [3.05, 3.63) is 35.9 Å². The van der Waals surface area contributed by atoms with E-state index < -0.39 is 10.0 Å². The number of benzene rings is 1. The van der Waals surface area contributed by atoms with Crippen LogP contribution < -0.4 is 0 Å². The lowest BCUT2D eigenvalue weighted by molar-refractivity contribution is 0.266. The van der Waals surface area contributed by atoms with Crippen LogP contribution in [-0.2, 0) is 16.6 Å². The molecular weight excluding hydrogens is 320 g/mol. The molecule has 1 aromatic carbocycles. The smallest absolute Gasteiger partial charge is 0.217 e. The molecule has 1 aromatic rings. The Hall–Kier alpha value is -0.910. The predicted octanol–water partition coefficient (Wildman–Crippen LogP) is 2.96. The summed E-state index contributed by atoms with van der Waals surface area (Å²) in [6.07, 6.45) is 2.73. The normalized spacial score (nSPS) is 28.0. The fourth-order valence-corrected chi connectivity index (χ4v) is 6.22. The maximum atomic E-state index is 12.9. The van der Waals surface area contributed by atoms with Crippen LogP contribution in [0.2, 0.25) is 0 Å². The quantitative estimate of drug-likeness (QED) is 0.820. The van der Waals surface area contributed by atoms with Crippen molar-refractivity contribution in [1.82, 2.24) is 9.21 Å². The monoisotopic (exact) mass is 350 g/mol. The van der Waals surface area contributed by atoms with Crippen LogP contribution in [0.3, 0.4) is 0 Å². The van der Waals surface area contributed by atoms with Crippen LogP contribution in [0.1, 0.15) is 38.7 Å². The highest BCUT2D eigenvalue weighted by Crippen LogP contribution is 2.34. The third kappa shape index (κ3) is 4.01.